The van der Waals surface area contributed by atoms with Crippen LogP contribution in [0.5, 0.6) is 0 Å². The number of halogens is 1. The molecule has 1 atom stereocenters. The lowest BCUT2D eigenvalue weighted by Crippen LogP contribution is -2.49. The van der Waals surface area contributed by atoms with Crippen molar-refractivity contribution in [2.24, 2.45) is 0 Å². The number of nitrogens with zero attached hydrogens (tertiary/aromatic N) is 5. The Morgan fingerprint density at radius 1 is 1.06 bits per heavy atom. The number of piperidine rings is 2. The number of carbonyl (C=O) groups excluding carboxylic acids is 1. The van der Waals surface area contributed by atoms with Gasteiger partial charge in [-0.3, -0.25) is 9.88 Å². The van der Waals surface area contributed by atoms with Crippen LogP contribution < -0.4 is 0 Å². The van der Waals surface area contributed by atoms with Gasteiger partial charge in [-0.15, -0.1) is 0 Å². The van der Waals surface area contributed by atoms with Crippen molar-refractivity contribution in [2.75, 3.05) is 32.8 Å². The third kappa shape index (κ3) is 5.23. The quantitative estimate of drug-likeness (QED) is 0.494. The number of ether oxygens (including phenoxy) is 1. The second kappa shape index (κ2) is 11.1. The highest BCUT2D eigenvalue weighted by atomic mass is 19.1. The zero-order chi connectivity index (χ0) is 24.9. The summed E-state index contributed by atoms with van der Waals surface area (Å²) in [6, 6.07) is 11.1. The Labute approximate surface area is 211 Å². The van der Waals surface area contributed by atoms with Crippen LogP contribution in [0.2, 0.25) is 0 Å². The molecule has 36 heavy (non-hydrogen) atoms. The zero-order valence-electron chi connectivity index (χ0n) is 20.6. The Bertz CT molecular complexity index is 1180. The highest BCUT2D eigenvalue weighted by molar-refractivity contribution is 5.68. The molecular formula is C28H32FN5O2. The minimum absolute atomic E-state index is 0.162. The van der Waals surface area contributed by atoms with Gasteiger partial charge in [0.05, 0.1) is 12.3 Å². The van der Waals surface area contributed by atoms with Gasteiger partial charge in [0, 0.05) is 66.9 Å². The molecule has 5 rings (SSSR count). The van der Waals surface area contributed by atoms with Crippen molar-refractivity contribution in [3.8, 4) is 22.5 Å². The maximum absolute atomic E-state index is 14.9. The summed E-state index contributed by atoms with van der Waals surface area (Å²) in [7, 11) is 0. The van der Waals surface area contributed by atoms with Crippen molar-refractivity contribution >= 4 is 6.09 Å². The molecule has 1 aromatic carbocycles. The molecule has 0 aliphatic carbocycles. The molecule has 2 saturated heterocycles. The normalized spacial score (nSPS) is 19.3. The van der Waals surface area contributed by atoms with E-state index in [0.29, 0.717) is 37.1 Å². The van der Waals surface area contributed by atoms with Crippen LogP contribution >= 0.6 is 0 Å². The highest BCUT2D eigenvalue weighted by Gasteiger charge is 2.33. The standard InChI is InChI=1S/C28H32FN5O2/c1-2-36-28(35)33-15-11-22(12-16-33)34-14-6-8-21(19-34)26-24(23-9-3-4-10-25(23)29)18-31-27(32-26)20-7-5-13-30-17-20/h3-5,7,9-10,13,17-18,21-22H,2,6,8,11-12,14-16,19H2,1H3/t21-/m1/s1. The number of benzene rings is 1. The molecule has 0 N–H and O–H groups in total. The largest absolute Gasteiger partial charge is 0.450 e. The van der Waals surface area contributed by atoms with E-state index >= 15 is 0 Å². The molecule has 7 nitrogen and oxygen atoms in total. The van der Waals surface area contributed by atoms with Gasteiger partial charge in [0.2, 0.25) is 0 Å². The third-order valence-electron chi connectivity index (χ3n) is 7.25. The van der Waals surface area contributed by atoms with Crippen LogP contribution in [0.4, 0.5) is 9.18 Å². The monoisotopic (exact) mass is 489 g/mol. The minimum atomic E-state index is -0.268. The first-order chi connectivity index (χ1) is 17.6. The molecule has 3 aromatic rings. The third-order valence-corrected chi connectivity index (χ3v) is 7.25. The molecule has 0 radical (unpaired) electrons. The lowest BCUT2D eigenvalue weighted by Gasteiger charge is -2.42. The predicted molar refractivity (Wildman–Crippen MR) is 136 cm³/mol. The number of rotatable bonds is 5. The van der Waals surface area contributed by atoms with Gasteiger partial charge < -0.3 is 9.64 Å². The number of hydrogen-bond donors (Lipinski definition) is 0. The van der Waals surface area contributed by atoms with Crippen LogP contribution in [0.1, 0.15) is 44.2 Å². The SMILES string of the molecule is CCOC(=O)N1CCC(N2CCC[C@@H](c3nc(-c4cccnc4)ncc3-c3ccccc3F)C2)CC1. The van der Waals surface area contributed by atoms with Crippen LogP contribution in [0.3, 0.4) is 0 Å². The summed E-state index contributed by atoms with van der Waals surface area (Å²) in [5.74, 6) is 0.503. The molecule has 0 spiro atoms. The van der Waals surface area contributed by atoms with Crippen LogP contribution in [0, 0.1) is 5.82 Å². The van der Waals surface area contributed by atoms with Crippen LogP contribution in [0.15, 0.2) is 55.0 Å². The number of likely N-dealkylation sites (tertiary alicyclic amines) is 2. The smallest absolute Gasteiger partial charge is 0.409 e. The second-order valence-electron chi connectivity index (χ2n) is 9.47. The molecule has 0 saturated carbocycles. The molecular weight excluding hydrogens is 457 g/mol. The maximum Gasteiger partial charge on any atom is 0.409 e. The molecule has 1 amide bonds. The Morgan fingerprint density at radius 3 is 2.64 bits per heavy atom. The minimum Gasteiger partial charge on any atom is -0.450 e. The zero-order valence-corrected chi connectivity index (χ0v) is 20.6. The van der Waals surface area contributed by atoms with Crippen molar-refractivity contribution in [3.63, 3.8) is 0 Å². The first-order valence-electron chi connectivity index (χ1n) is 12.8. The molecule has 0 bridgehead atoms. The summed E-state index contributed by atoms with van der Waals surface area (Å²) in [6.45, 7) is 5.54. The molecule has 2 aromatic heterocycles. The number of pyridine rings is 1. The molecule has 2 aliphatic heterocycles. The number of hydrogen-bond acceptors (Lipinski definition) is 6. The first kappa shape index (κ1) is 24.3. The molecule has 2 fully saturated rings. The van der Waals surface area contributed by atoms with E-state index in [2.05, 4.69) is 14.9 Å². The van der Waals surface area contributed by atoms with E-state index < -0.39 is 0 Å². The van der Waals surface area contributed by atoms with E-state index in [1.807, 2.05) is 30.0 Å². The van der Waals surface area contributed by atoms with Crippen molar-refractivity contribution < 1.29 is 13.9 Å². The number of aromatic nitrogens is 3. The summed E-state index contributed by atoms with van der Waals surface area (Å²) in [6.07, 6.45) is 8.92. The van der Waals surface area contributed by atoms with E-state index in [0.717, 1.165) is 55.6 Å². The fourth-order valence-electron chi connectivity index (χ4n) is 5.42. The van der Waals surface area contributed by atoms with Gasteiger partial charge in [0.1, 0.15) is 5.82 Å². The number of carbonyl (C=O) groups is 1. The molecule has 188 valence electrons. The van der Waals surface area contributed by atoms with E-state index in [-0.39, 0.29) is 17.8 Å². The number of amides is 1. The summed E-state index contributed by atoms with van der Waals surface area (Å²) < 4.78 is 20.0. The Hall–Kier alpha value is -3.39. The highest BCUT2D eigenvalue weighted by Crippen LogP contribution is 2.36. The lowest BCUT2D eigenvalue weighted by molar-refractivity contribution is 0.0648. The van der Waals surface area contributed by atoms with Gasteiger partial charge in [0.15, 0.2) is 5.82 Å². The van der Waals surface area contributed by atoms with Gasteiger partial charge in [0.25, 0.3) is 0 Å². The molecule has 0 unspecified atom stereocenters. The fourth-order valence-corrected chi connectivity index (χ4v) is 5.42. The summed E-state index contributed by atoms with van der Waals surface area (Å²) in [4.78, 5) is 30.3. The summed E-state index contributed by atoms with van der Waals surface area (Å²) >= 11 is 0. The van der Waals surface area contributed by atoms with Crippen LogP contribution in [-0.4, -0.2) is 69.7 Å². The average Bonchev–Trinajstić information content (AvgIpc) is 2.94. The molecule has 4 heterocycles. The topological polar surface area (TPSA) is 71.5 Å². The van der Waals surface area contributed by atoms with Gasteiger partial charge >= 0.3 is 6.09 Å². The van der Waals surface area contributed by atoms with Crippen molar-refractivity contribution in [2.45, 2.75) is 44.6 Å². The summed E-state index contributed by atoms with van der Waals surface area (Å²) in [5, 5.41) is 0. The van der Waals surface area contributed by atoms with Gasteiger partial charge in [-0.1, -0.05) is 18.2 Å². The molecule has 8 heteroatoms. The van der Waals surface area contributed by atoms with Gasteiger partial charge in [-0.2, -0.15) is 0 Å². The van der Waals surface area contributed by atoms with Crippen molar-refractivity contribution in [1.82, 2.24) is 24.8 Å². The Kier molecular flexibility index (Phi) is 7.51. The second-order valence-corrected chi connectivity index (χ2v) is 9.47. The van der Waals surface area contributed by atoms with Gasteiger partial charge in [-0.05, 0) is 57.4 Å². The van der Waals surface area contributed by atoms with Crippen molar-refractivity contribution in [3.05, 3.63) is 66.5 Å². The van der Waals surface area contributed by atoms with Gasteiger partial charge in [-0.25, -0.2) is 19.2 Å². The van der Waals surface area contributed by atoms with Crippen LogP contribution in [0.25, 0.3) is 22.5 Å². The summed E-state index contributed by atoms with van der Waals surface area (Å²) in [5.41, 5.74) is 3.02. The Morgan fingerprint density at radius 2 is 1.89 bits per heavy atom. The maximum atomic E-state index is 14.9. The van der Waals surface area contributed by atoms with E-state index in [9.17, 15) is 9.18 Å². The van der Waals surface area contributed by atoms with E-state index in [4.69, 9.17) is 9.72 Å². The van der Waals surface area contributed by atoms with Crippen LogP contribution in [-0.2, 0) is 4.74 Å². The van der Waals surface area contributed by atoms with E-state index in [1.54, 1.807) is 30.7 Å². The van der Waals surface area contributed by atoms with Crippen molar-refractivity contribution in [1.29, 1.82) is 0 Å². The predicted octanol–water partition coefficient (Wildman–Crippen LogP) is 5.15. The Balaban J connectivity index is 1.40. The van der Waals surface area contributed by atoms with E-state index in [1.165, 1.54) is 6.07 Å². The lowest BCUT2D eigenvalue weighted by atomic mass is 9.88. The fraction of sp³-hybridized carbons (Fsp3) is 0.429. The molecule has 2 aliphatic rings. The average molecular weight is 490 g/mol. The first-order valence-corrected chi connectivity index (χ1v) is 12.8.